The van der Waals surface area contributed by atoms with Crippen LogP contribution in [0.1, 0.15) is 38.8 Å². The van der Waals surface area contributed by atoms with Gasteiger partial charge in [-0.1, -0.05) is 32.9 Å². The summed E-state index contributed by atoms with van der Waals surface area (Å²) in [5.41, 5.74) is 3.30. The van der Waals surface area contributed by atoms with Crippen molar-refractivity contribution in [3.8, 4) is 0 Å². The zero-order valence-corrected chi connectivity index (χ0v) is 10.1. The average Bonchev–Trinajstić information content (AvgIpc) is 1.99. The van der Waals surface area contributed by atoms with E-state index in [0.717, 1.165) is 11.3 Å². The van der Waals surface area contributed by atoms with Gasteiger partial charge in [0, 0.05) is 12.6 Å². The van der Waals surface area contributed by atoms with Crippen LogP contribution in [0.15, 0.2) is 18.2 Å². The molecule has 0 fully saturated rings. The van der Waals surface area contributed by atoms with Gasteiger partial charge in [0.25, 0.3) is 0 Å². The fourth-order valence-electron chi connectivity index (χ4n) is 1.61. The molecule has 82 valence electrons. The molecule has 0 saturated carbocycles. The van der Waals surface area contributed by atoms with E-state index in [0.29, 0.717) is 0 Å². The van der Waals surface area contributed by atoms with E-state index in [1.807, 2.05) is 13.0 Å². The zero-order valence-electron chi connectivity index (χ0n) is 10.1. The van der Waals surface area contributed by atoms with E-state index in [1.165, 1.54) is 12.5 Å². The molecule has 1 rings (SSSR count). The second kappa shape index (κ2) is 4.05. The average molecular weight is 205 g/mol. The van der Waals surface area contributed by atoms with Crippen molar-refractivity contribution in [2.24, 2.45) is 0 Å². The summed E-state index contributed by atoms with van der Waals surface area (Å²) in [6.45, 7) is 9.99. The first-order valence-corrected chi connectivity index (χ1v) is 5.19. The van der Waals surface area contributed by atoms with Crippen molar-refractivity contribution in [2.45, 2.75) is 40.0 Å². The van der Waals surface area contributed by atoms with Crippen molar-refractivity contribution < 1.29 is 4.79 Å². The normalized spacial score (nSPS) is 11.3. The summed E-state index contributed by atoms with van der Waals surface area (Å²) in [4.78, 5) is 11.1. The van der Waals surface area contributed by atoms with Crippen LogP contribution in [-0.4, -0.2) is 5.91 Å². The lowest BCUT2D eigenvalue weighted by Crippen LogP contribution is -2.17. The highest BCUT2D eigenvalue weighted by atomic mass is 16.1. The summed E-state index contributed by atoms with van der Waals surface area (Å²) < 4.78 is 0. The molecule has 1 aromatic rings. The van der Waals surface area contributed by atoms with Gasteiger partial charge >= 0.3 is 0 Å². The molecular weight excluding hydrogens is 186 g/mol. The van der Waals surface area contributed by atoms with Gasteiger partial charge in [-0.05, 0) is 29.5 Å². The summed E-state index contributed by atoms with van der Waals surface area (Å²) in [5.74, 6) is -0.0221. The number of hydrogen-bond donors (Lipinski definition) is 1. The predicted octanol–water partition coefficient (Wildman–Crippen LogP) is 3.25. The molecule has 0 unspecified atom stereocenters. The van der Waals surface area contributed by atoms with Crippen LogP contribution in [0.4, 0.5) is 5.69 Å². The number of carbonyl (C=O) groups excluding carboxylic acids is 1. The van der Waals surface area contributed by atoms with E-state index in [9.17, 15) is 4.79 Å². The number of hydrogen-bond acceptors (Lipinski definition) is 1. The smallest absolute Gasteiger partial charge is 0.221 e. The lowest BCUT2D eigenvalue weighted by atomic mass is 9.85. The van der Waals surface area contributed by atoms with Crippen molar-refractivity contribution in [2.75, 3.05) is 5.32 Å². The minimum Gasteiger partial charge on any atom is -0.326 e. The second-order valence-corrected chi connectivity index (χ2v) is 4.98. The van der Waals surface area contributed by atoms with Crippen LogP contribution in [-0.2, 0) is 10.2 Å². The Hall–Kier alpha value is -1.31. The number of benzene rings is 1. The third-order valence-electron chi connectivity index (χ3n) is 2.29. The van der Waals surface area contributed by atoms with Crippen LogP contribution >= 0.6 is 0 Å². The van der Waals surface area contributed by atoms with E-state index in [4.69, 9.17) is 0 Å². The van der Waals surface area contributed by atoms with Gasteiger partial charge < -0.3 is 5.32 Å². The van der Waals surface area contributed by atoms with Crippen molar-refractivity contribution >= 4 is 11.6 Å². The number of nitrogens with one attached hydrogen (secondary N) is 1. The Kier molecular flexibility index (Phi) is 3.18. The van der Waals surface area contributed by atoms with Gasteiger partial charge in [0.05, 0.1) is 0 Å². The lowest BCUT2D eigenvalue weighted by molar-refractivity contribution is -0.114. The number of anilines is 1. The van der Waals surface area contributed by atoms with Crippen LogP contribution in [0.25, 0.3) is 0 Å². The number of amides is 1. The molecule has 0 spiro atoms. The highest BCUT2D eigenvalue weighted by molar-refractivity contribution is 5.89. The molecule has 0 aromatic heterocycles. The summed E-state index contributed by atoms with van der Waals surface area (Å²) in [7, 11) is 0. The van der Waals surface area contributed by atoms with E-state index in [-0.39, 0.29) is 11.3 Å². The zero-order chi connectivity index (χ0) is 11.6. The van der Waals surface area contributed by atoms with Gasteiger partial charge in [0.15, 0.2) is 0 Å². The quantitative estimate of drug-likeness (QED) is 0.749. The molecule has 1 aromatic carbocycles. The molecular formula is C13H19NO. The largest absolute Gasteiger partial charge is 0.326 e. The maximum atomic E-state index is 11.1. The highest BCUT2D eigenvalue weighted by Crippen LogP contribution is 2.30. The molecule has 0 heterocycles. The standard InChI is InChI=1S/C13H19NO/c1-9-6-7-11(13(3,4)5)12(8-9)14-10(2)15/h6-8H,1-5H3,(H,14,15). The number of carbonyl (C=O) groups is 1. The molecule has 1 amide bonds. The van der Waals surface area contributed by atoms with Gasteiger partial charge in [-0.3, -0.25) is 4.79 Å². The van der Waals surface area contributed by atoms with Gasteiger partial charge in [-0.15, -0.1) is 0 Å². The second-order valence-electron chi connectivity index (χ2n) is 4.98. The minimum absolute atomic E-state index is 0.0221. The summed E-state index contributed by atoms with van der Waals surface area (Å²) in [5, 5.41) is 2.88. The Labute approximate surface area is 91.7 Å². The van der Waals surface area contributed by atoms with Crippen LogP contribution in [0.2, 0.25) is 0 Å². The molecule has 2 nitrogen and oxygen atoms in total. The Balaban J connectivity index is 3.20. The van der Waals surface area contributed by atoms with Crippen molar-refractivity contribution in [3.05, 3.63) is 29.3 Å². The molecule has 15 heavy (non-hydrogen) atoms. The fraction of sp³-hybridized carbons (Fsp3) is 0.462. The molecule has 0 aliphatic rings. The van der Waals surface area contributed by atoms with E-state index in [2.05, 4.69) is 38.2 Å². The minimum atomic E-state index is -0.0221. The number of aryl methyl sites for hydroxylation is 1. The molecule has 1 N–H and O–H groups in total. The lowest BCUT2D eigenvalue weighted by Gasteiger charge is -2.23. The molecule has 0 bridgehead atoms. The fourth-order valence-corrected chi connectivity index (χ4v) is 1.61. The number of rotatable bonds is 1. The first-order valence-electron chi connectivity index (χ1n) is 5.19. The van der Waals surface area contributed by atoms with Gasteiger partial charge in [0.2, 0.25) is 5.91 Å². The maximum Gasteiger partial charge on any atom is 0.221 e. The molecule has 0 radical (unpaired) electrons. The first kappa shape index (κ1) is 11.8. The van der Waals surface area contributed by atoms with Gasteiger partial charge in [-0.2, -0.15) is 0 Å². The molecule has 0 aliphatic heterocycles. The van der Waals surface area contributed by atoms with Crippen LogP contribution < -0.4 is 5.32 Å². The van der Waals surface area contributed by atoms with Gasteiger partial charge in [-0.25, -0.2) is 0 Å². The molecule has 0 saturated heterocycles. The third-order valence-corrected chi connectivity index (χ3v) is 2.29. The Morgan fingerprint density at radius 2 is 1.87 bits per heavy atom. The SMILES string of the molecule is CC(=O)Nc1cc(C)ccc1C(C)(C)C. The van der Waals surface area contributed by atoms with E-state index in [1.54, 1.807) is 0 Å². The van der Waals surface area contributed by atoms with Crippen molar-refractivity contribution in [3.63, 3.8) is 0 Å². The molecule has 0 atom stereocenters. The monoisotopic (exact) mass is 205 g/mol. The Bertz CT molecular complexity index is 375. The topological polar surface area (TPSA) is 29.1 Å². The highest BCUT2D eigenvalue weighted by Gasteiger charge is 2.18. The maximum absolute atomic E-state index is 11.1. The third kappa shape index (κ3) is 3.08. The van der Waals surface area contributed by atoms with Crippen LogP contribution in [0.5, 0.6) is 0 Å². The summed E-state index contributed by atoms with van der Waals surface area (Å²) in [6, 6.07) is 6.18. The van der Waals surface area contributed by atoms with Gasteiger partial charge in [0.1, 0.15) is 0 Å². The first-order chi connectivity index (χ1) is 6.80. The van der Waals surface area contributed by atoms with Crippen LogP contribution in [0, 0.1) is 6.92 Å². The summed E-state index contributed by atoms with van der Waals surface area (Å²) >= 11 is 0. The Morgan fingerprint density at radius 3 is 2.33 bits per heavy atom. The van der Waals surface area contributed by atoms with E-state index < -0.39 is 0 Å². The van der Waals surface area contributed by atoms with E-state index >= 15 is 0 Å². The predicted molar refractivity (Wildman–Crippen MR) is 64.2 cm³/mol. The van der Waals surface area contributed by atoms with Crippen molar-refractivity contribution in [1.82, 2.24) is 0 Å². The molecule has 2 heteroatoms. The molecule has 0 aliphatic carbocycles. The van der Waals surface area contributed by atoms with Crippen molar-refractivity contribution in [1.29, 1.82) is 0 Å². The van der Waals surface area contributed by atoms with Crippen LogP contribution in [0.3, 0.4) is 0 Å². The Morgan fingerprint density at radius 1 is 1.27 bits per heavy atom. The summed E-state index contributed by atoms with van der Waals surface area (Å²) in [6.07, 6.45) is 0.